The van der Waals surface area contributed by atoms with Crippen LogP contribution in [0.15, 0.2) is 36.7 Å². The summed E-state index contributed by atoms with van der Waals surface area (Å²) in [5.41, 5.74) is 11.0. The molecule has 0 saturated carbocycles. The summed E-state index contributed by atoms with van der Waals surface area (Å²) < 4.78 is 0. The van der Waals surface area contributed by atoms with Gasteiger partial charge in [0.25, 0.3) is 0 Å². The molecule has 1 aromatic heterocycles. The third-order valence-corrected chi connectivity index (χ3v) is 7.38. The fraction of sp³-hybridized carbons (Fsp3) is 0.560. The van der Waals surface area contributed by atoms with Crippen molar-refractivity contribution >= 4 is 23.5 Å². The Bertz CT molecular complexity index is 910. The Morgan fingerprint density at radius 3 is 2.35 bits per heavy atom. The molecule has 8 nitrogen and oxygen atoms in total. The highest BCUT2D eigenvalue weighted by Gasteiger charge is 2.33. The number of hydrogen-bond acceptors (Lipinski definition) is 7. The molecule has 0 radical (unpaired) electrons. The summed E-state index contributed by atoms with van der Waals surface area (Å²) in [6.45, 7) is 4.26. The topological polar surface area (TPSA) is 96.6 Å². The molecule has 1 unspecified atom stereocenters. The molecule has 0 aliphatic carbocycles. The van der Waals surface area contributed by atoms with Gasteiger partial charge in [-0.25, -0.2) is 9.97 Å². The molecule has 2 saturated heterocycles. The Morgan fingerprint density at radius 1 is 1.09 bits per heavy atom. The van der Waals surface area contributed by atoms with Crippen molar-refractivity contribution in [2.45, 2.75) is 44.7 Å². The van der Waals surface area contributed by atoms with Gasteiger partial charge in [0, 0.05) is 54.6 Å². The SMILES string of the molecule is CONC(Cc1ccc(Cl)cc1)C1CCN(C(=O)C2CCN(Cc3cnc(N)nc3)CC2)CC1. The number of amides is 1. The summed E-state index contributed by atoms with van der Waals surface area (Å²) in [5, 5.41) is 0.747. The number of carbonyl (C=O) groups excluding carboxylic acids is 1. The average Bonchev–Trinajstić information content (AvgIpc) is 2.87. The van der Waals surface area contributed by atoms with Crippen LogP contribution in [0.3, 0.4) is 0 Å². The fourth-order valence-electron chi connectivity index (χ4n) is 5.15. The number of piperidine rings is 2. The lowest BCUT2D eigenvalue weighted by Crippen LogP contribution is -2.48. The van der Waals surface area contributed by atoms with Crippen molar-refractivity contribution < 1.29 is 9.63 Å². The van der Waals surface area contributed by atoms with Gasteiger partial charge in [-0.15, -0.1) is 0 Å². The summed E-state index contributed by atoms with van der Waals surface area (Å²) >= 11 is 6.03. The molecule has 1 atom stereocenters. The number of hydroxylamine groups is 1. The number of carbonyl (C=O) groups is 1. The van der Waals surface area contributed by atoms with Crippen LogP contribution in [0.2, 0.25) is 5.02 Å². The maximum Gasteiger partial charge on any atom is 0.225 e. The van der Waals surface area contributed by atoms with E-state index in [-0.39, 0.29) is 12.0 Å². The number of likely N-dealkylation sites (tertiary alicyclic amines) is 2. The number of aromatic nitrogens is 2. The van der Waals surface area contributed by atoms with Crippen LogP contribution in [0, 0.1) is 11.8 Å². The predicted molar refractivity (Wildman–Crippen MR) is 133 cm³/mol. The number of nitrogen functional groups attached to an aromatic ring is 1. The number of nitrogens with one attached hydrogen (secondary N) is 1. The van der Waals surface area contributed by atoms with E-state index in [4.69, 9.17) is 22.2 Å². The van der Waals surface area contributed by atoms with Crippen LogP contribution in [0.4, 0.5) is 5.95 Å². The Balaban J connectivity index is 1.23. The first-order valence-corrected chi connectivity index (χ1v) is 12.5. The van der Waals surface area contributed by atoms with Gasteiger partial charge in [0.15, 0.2) is 0 Å². The number of nitrogens with zero attached hydrogens (tertiary/aromatic N) is 4. The molecule has 1 aromatic carbocycles. The molecule has 1 amide bonds. The van der Waals surface area contributed by atoms with Gasteiger partial charge in [-0.2, -0.15) is 5.48 Å². The van der Waals surface area contributed by atoms with Gasteiger partial charge in [0.05, 0.1) is 7.11 Å². The van der Waals surface area contributed by atoms with E-state index in [1.807, 2.05) is 12.1 Å². The molecule has 2 aromatic rings. The van der Waals surface area contributed by atoms with E-state index >= 15 is 0 Å². The molecule has 34 heavy (non-hydrogen) atoms. The minimum Gasteiger partial charge on any atom is -0.368 e. The van der Waals surface area contributed by atoms with E-state index in [2.05, 4.69) is 37.4 Å². The Hall–Kier alpha value is -2.26. The lowest BCUT2D eigenvalue weighted by molar-refractivity contribution is -0.138. The number of halogens is 1. The van der Waals surface area contributed by atoms with E-state index < -0.39 is 0 Å². The second-order valence-electron chi connectivity index (χ2n) is 9.42. The normalized spacial score (nSPS) is 19.3. The molecule has 2 aliphatic rings. The highest BCUT2D eigenvalue weighted by molar-refractivity contribution is 6.30. The molecule has 3 heterocycles. The van der Waals surface area contributed by atoms with Crippen LogP contribution in [0.25, 0.3) is 0 Å². The highest BCUT2D eigenvalue weighted by Crippen LogP contribution is 2.27. The second kappa shape index (κ2) is 11.9. The molecule has 3 N–H and O–H groups in total. The van der Waals surface area contributed by atoms with Crippen LogP contribution >= 0.6 is 11.6 Å². The number of anilines is 1. The quantitative estimate of drug-likeness (QED) is 0.554. The highest BCUT2D eigenvalue weighted by atomic mass is 35.5. The molecule has 2 aliphatic heterocycles. The molecule has 4 rings (SSSR count). The van der Waals surface area contributed by atoms with Crippen LogP contribution in [-0.2, 0) is 22.6 Å². The van der Waals surface area contributed by atoms with Crippen molar-refractivity contribution in [2.75, 3.05) is 39.0 Å². The number of rotatable bonds is 8. The Labute approximate surface area is 206 Å². The number of hydrogen-bond donors (Lipinski definition) is 2. The first-order chi connectivity index (χ1) is 16.5. The van der Waals surface area contributed by atoms with Crippen LogP contribution in [-0.4, -0.2) is 65.0 Å². The smallest absolute Gasteiger partial charge is 0.225 e. The minimum absolute atomic E-state index is 0.123. The van der Waals surface area contributed by atoms with Crippen LogP contribution in [0.5, 0.6) is 0 Å². The van der Waals surface area contributed by atoms with Crippen molar-refractivity contribution in [2.24, 2.45) is 11.8 Å². The zero-order valence-corrected chi connectivity index (χ0v) is 20.6. The zero-order valence-electron chi connectivity index (χ0n) is 19.8. The third kappa shape index (κ3) is 6.66. The Kier molecular flexibility index (Phi) is 8.72. The van der Waals surface area contributed by atoms with Gasteiger partial charge in [-0.3, -0.25) is 9.69 Å². The third-order valence-electron chi connectivity index (χ3n) is 7.13. The summed E-state index contributed by atoms with van der Waals surface area (Å²) in [6, 6.07) is 8.20. The molecule has 2 fully saturated rings. The maximum absolute atomic E-state index is 13.2. The number of nitrogens with two attached hydrogens (primary N) is 1. The van der Waals surface area contributed by atoms with Crippen molar-refractivity contribution in [3.8, 4) is 0 Å². The summed E-state index contributed by atoms with van der Waals surface area (Å²) in [4.78, 5) is 31.1. The van der Waals surface area contributed by atoms with Crippen LogP contribution < -0.4 is 11.2 Å². The Morgan fingerprint density at radius 2 is 1.74 bits per heavy atom. The summed E-state index contributed by atoms with van der Waals surface area (Å²) in [7, 11) is 1.67. The lowest BCUT2D eigenvalue weighted by Gasteiger charge is -2.39. The molecular formula is C25H35ClN6O2. The lowest BCUT2D eigenvalue weighted by atomic mass is 9.85. The van der Waals surface area contributed by atoms with E-state index in [1.54, 1.807) is 19.5 Å². The first kappa shape index (κ1) is 24.9. The molecular weight excluding hydrogens is 452 g/mol. The molecule has 184 valence electrons. The van der Waals surface area contributed by atoms with Gasteiger partial charge in [0.2, 0.25) is 11.9 Å². The van der Waals surface area contributed by atoms with Crippen molar-refractivity contribution in [3.05, 3.63) is 52.8 Å². The first-order valence-electron chi connectivity index (χ1n) is 12.1. The predicted octanol–water partition coefficient (Wildman–Crippen LogP) is 2.93. The monoisotopic (exact) mass is 486 g/mol. The largest absolute Gasteiger partial charge is 0.368 e. The average molecular weight is 487 g/mol. The van der Waals surface area contributed by atoms with E-state index in [0.717, 1.165) is 75.4 Å². The summed E-state index contributed by atoms with van der Waals surface area (Å²) in [5.74, 6) is 1.20. The van der Waals surface area contributed by atoms with E-state index in [1.165, 1.54) is 5.56 Å². The molecule has 0 bridgehead atoms. The molecule has 0 spiro atoms. The molecule has 9 heteroatoms. The zero-order chi connectivity index (χ0) is 23.9. The van der Waals surface area contributed by atoms with Crippen molar-refractivity contribution in [3.63, 3.8) is 0 Å². The van der Waals surface area contributed by atoms with Gasteiger partial charge < -0.3 is 15.5 Å². The van der Waals surface area contributed by atoms with Gasteiger partial charge >= 0.3 is 0 Å². The van der Waals surface area contributed by atoms with Crippen LogP contribution in [0.1, 0.15) is 36.8 Å². The van der Waals surface area contributed by atoms with Crippen molar-refractivity contribution in [1.29, 1.82) is 0 Å². The van der Waals surface area contributed by atoms with Gasteiger partial charge in [-0.1, -0.05) is 23.7 Å². The fourth-order valence-corrected chi connectivity index (χ4v) is 5.28. The van der Waals surface area contributed by atoms with Gasteiger partial charge in [-0.05, 0) is 68.8 Å². The maximum atomic E-state index is 13.2. The van der Waals surface area contributed by atoms with Gasteiger partial charge in [0.1, 0.15) is 0 Å². The minimum atomic E-state index is 0.123. The standard InChI is InChI=1S/C25H35ClN6O2/c1-34-30-23(14-18-2-4-22(26)5-3-18)20-8-12-32(13-9-20)24(33)21-6-10-31(11-7-21)17-19-15-28-25(27)29-16-19/h2-5,15-16,20-21,23,30H,6-14,17H2,1H3,(H2,27,28,29). The van der Waals surface area contributed by atoms with Crippen molar-refractivity contribution in [1.82, 2.24) is 25.2 Å². The number of benzene rings is 1. The van der Waals surface area contributed by atoms with E-state index in [0.29, 0.717) is 17.8 Å². The van der Waals surface area contributed by atoms with E-state index in [9.17, 15) is 4.79 Å². The summed E-state index contributed by atoms with van der Waals surface area (Å²) in [6.07, 6.45) is 8.20. The second-order valence-corrected chi connectivity index (χ2v) is 9.86.